The summed E-state index contributed by atoms with van der Waals surface area (Å²) in [6, 6.07) is -0.0983. The fourth-order valence-corrected chi connectivity index (χ4v) is 4.61. The number of nitrogens with zero attached hydrogens (tertiary/aromatic N) is 3. The van der Waals surface area contributed by atoms with Crippen LogP contribution in [0.2, 0.25) is 0 Å². The Bertz CT molecular complexity index is 1120. The SMILES string of the molecule is O=c1c2sc3ncc(Br)c(NCCO)c3c2ncn1C1C=CC(Cl)=CC1. The van der Waals surface area contributed by atoms with E-state index in [0.717, 1.165) is 20.4 Å². The number of rotatable bonds is 4. The number of fused-ring (bicyclic) bond motifs is 3. The third kappa shape index (κ3) is 2.96. The molecule has 26 heavy (non-hydrogen) atoms. The van der Waals surface area contributed by atoms with Gasteiger partial charge in [-0.3, -0.25) is 9.36 Å². The molecule has 0 radical (unpaired) electrons. The Morgan fingerprint density at radius 2 is 2.31 bits per heavy atom. The molecule has 134 valence electrons. The van der Waals surface area contributed by atoms with Gasteiger partial charge in [0.1, 0.15) is 15.0 Å². The van der Waals surface area contributed by atoms with Crippen LogP contribution in [0.3, 0.4) is 0 Å². The van der Waals surface area contributed by atoms with E-state index in [2.05, 4.69) is 31.2 Å². The molecule has 1 atom stereocenters. The average molecular weight is 454 g/mol. The van der Waals surface area contributed by atoms with Crippen LogP contribution in [0.1, 0.15) is 12.5 Å². The normalized spacial score (nSPS) is 17.0. The first kappa shape index (κ1) is 17.7. The van der Waals surface area contributed by atoms with E-state index in [-0.39, 0.29) is 18.2 Å². The molecule has 1 unspecified atom stereocenters. The van der Waals surface area contributed by atoms with E-state index in [9.17, 15) is 4.79 Å². The van der Waals surface area contributed by atoms with Crippen LogP contribution in [0.4, 0.5) is 5.69 Å². The first-order valence-corrected chi connectivity index (χ1v) is 9.95. The summed E-state index contributed by atoms with van der Waals surface area (Å²) in [5.41, 5.74) is 1.31. The third-order valence-electron chi connectivity index (χ3n) is 4.19. The Hall–Kier alpha value is -1.74. The minimum atomic E-state index is -0.0983. The van der Waals surface area contributed by atoms with Crippen LogP contribution in [0.5, 0.6) is 0 Å². The molecule has 0 spiro atoms. The minimum Gasteiger partial charge on any atom is -0.395 e. The number of thiophene rings is 1. The highest BCUT2D eigenvalue weighted by Crippen LogP contribution is 2.38. The Kier molecular flexibility index (Phi) is 4.83. The molecule has 2 N–H and O–H groups in total. The molecule has 0 saturated carbocycles. The summed E-state index contributed by atoms with van der Waals surface area (Å²) in [6.45, 7) is 0.398. The van der Waals surface area contributed by atoms with Gasteiger partial charge in [-0.1, -0.05) is 23.8 Å². The highest BCUT2D eigenvalue weighted by molar-refractivity contribution is 9.10. The summed E-state index contributed by atoms with van der Waals surface area (Å²) in [5.74, 6) is 0. The molecule has 4 rings (SSSR count). The van der Waals surface area contributed by atoms with Crippen molar-refractivity contribution >= 4 is 65.0 Å². The van der Waals surface area contributed by atoms with Crippen molar-refractivity contribution in [2.45, 2.75) is 12.5 Å². The fraction of sp³-hybridized carbons (Fsp3) is 0.235. The fourth-order valence-electron chi connectivity index (χ4n) is 2.96. The van der Waals surface area contributed by atoms with E-state index in [1.54, 1.807) is 23.2 Å². The van der Waals surface area contributed by atoms with Crippen LogP contribution in [0.25, 0.3) is 20.4 Å². The summed E-state index contributed by atoms with van der Waals surface area (Å²) < 4.78 is 2.96. The highest BCUT2D eigenvalue weighted by atomic mass is 79.9. The maximum absolute atomic E-state index is 13.0. The Morgan fingerprint density at radius 1 is 1.46 bits per heavy atom. The van der Waals surface area contributed by atoms with Gasteiger partial charge in [-0.05, 0) is 28.4 Å². The number of hydrogen-bond donors (Lipinski definition) is 2. The van der Waals surface area contributed by atoms with E-state index in [1.165, 1.54) is 11.3 Å². The second kappa shape index (κ2) is 7.11. The number of aliphatic hydroxyl groups is 1. The van der Waals surface area contributed by atoms with Gasteiger partial charge in [-0.2, -0.15) is 0 Å². The van der Waals surface area contributed by atoms with E-state index >= 15 is 0 Å². The molecule has 0 aromatic carbocycles. The molecular formula is C17H14BrClN4O2S. The molecule has 3 aromatic rings. The lowest BCUT2D eigenvalue weighted by molar-refractivity contribution is 0.311. The van der Waals surface area contributed by atoms with Crippen molar-refractivity contribution in [3.63, 3.8) is 0 Å². The summed E-state index contributed by atoms with van der Waals surface area (Å²) in [5, 5.41) is 13.8. The van der Waals surface area contributed by atoms with Crippen LogP contribution in [-0.4, -0.2) is 32.8 Å². The quantitative estimate of drug-likeness (QED) is 0.628. The van der Waals surface area contributed by atoms with Crippen molar-refractivity contribution in [3.8, 4) is 0 Å². The molecule has 0 fully saturated rings. The van der Waals surface area contributed by atoms with Crippen LogP contribution >= 0.6 is 38.9 Å². The van der Waals surface area contributed by atoms with Crippen molar-refractivity contribution in [1.29, 1.82) is 0 Å². The number of hydrogen-bond acceptors (Lipinski definition) is 6. The molecule has 3 heterocycles. The lowest BCUT2D eigenvalue weighted by atomic mass is 10.1. The molecular weight excluding hydrogens is 440 g/mol. The number of allylic oxidation sites excluding steroid dienone is 4. The van der Waals surface area contributed by atoms with Gasteiger partial charge in [-0.25, -0.2) is 9.97 Å². The smallest absolute Gasteiger partial charge is 0.271 e. The van der Waals surface area contributed by atoms with Gasteiger partial charge in [-0.15, -0.1) is 11.3 Å². The molecule has 0 amide bonds. The number of halogens is 2. The molecule has 0 aliphatic heterocycles. The molecule has 6 nitrogen and oxygen atoms in total. The number of aromatic nitrogens is 3. The maximum Gasteiger partial charge on any atom is 0.271 e. The summed E-state index contributed by atoms with van der Waals surface area (Å²) >= 11 is 10.8. The zero-order chi connectivity index (χ0) is 18.3. The minimum absolute atomic E-state index is 0.00263. The second-order valence-corrected chi connectivity index (χ2v) is 8.09. The summed E-state index contributed by atoms with van der Waals surface area (Å²) in [4.78, 5) is 22.7. The first-order chi connectivity index (χ1) is 12.6. The first-order valence-electron chi connectivity index (χ1n) is 7.96. The summed E-state index contributed by atoms with van der Waals surface area (Å²) in [7, 11) is 0. The van der Waals surface area contributed by atoms with E-state index in [0.29, 0.717) is 28.2 Å². The van der Waals surface area contributed by atoms with Crippen LogP contribution in [0, 0.1) is 0 Å². The number of anilines is 1. The van der Waals surface area contributed by atoms with E-state index in [1.807, 2.05) is 12.2 Å². The van der Waals surface area contributed by atoms with Crippen molar-refractivity contribution in [2.75, 3.05) is 18.5 Å². The molecule has 0 saturated heterocycles. The average Bonchev–Trinajstić information content (AvgIpc) is 3.02. The largest absolute Gasteiger partial charge is 0.395 e. The number of aliphatic hydroxyl groups excluding tert-OH is 1. The lowest BCUT2D eigenvalue weighted by Gasteiger charge is -2.16. The Morgan fingerprint density at radius 3 is 3.04 bits per heavy atom. The van der Waals surface area contributed by atoms with Crippen LogP contribution < -0.4 is 10.9 Å². The van der Waals surface area contributed by atoms with Crippen molar-refractivity contribution in [2.24, 2.45) is 0 Å². The molecule has 3 aromatic heterocycles. The van der Waals surface area contributed by atoms with Gasteiger partial charge in [0.15, 0.2) is 0 Å². The second-order valence-electron chi connectivity index (χ2n) is 5.80. The maximum atomic E-state index is 13.0. The number of pyridine rings is 1. The standard InChI is InChI=1S/C17H14BrClN4O2S/c18-11-7-21-16-12(13(11)20-5-6-24)14-15(26-16)17(25)23(8-22-14)10-3-1-9(19)2-4-10/h1-3,7-8,10,24H,4-6H2,(H,20,21). The predicted molar refractivity (Wildman–Crippen MR) is 109 cm³/mol. The van der Waals surface area contributed by atoms with E-state index < -0.39 is 0 Å². The van der Waals surface area contributed by atoms with Crippen molar-refractivity contribution in [1.82, 2.24) is 14.5 Å². The Balaban J connectivity index is 1.90. The van der Waals surface area contributed by atoms with Gasteiger partial charge >= 0.3 is 0 Å². The van der Waals surface area contributed by atoms with Crippen molar-refractivity contribution in [3.05, 3.63) is 50.6 Å². The highest BCUT2D eigenvalue weighted by Gasteiger charge is 2.20. The van der Waals surface area contributed by atoms with Gasteiger partial charge in [0, 0.05) is 17.8 Å². The Labute approximate surface area is 166 Å². The topological polar surface area (TPSA) is 80.0 Å². The molecule has 0 bridgehead atoms. The predicted octanol–water partition coefficient (Wildman–Crippen LogP) is 3.80. The van der Waals surface area contributed by atoms with Crippen molar-refractivity contribution < 1.29 is 5.11 Å². The van der Waals surface area contributed by atoms with Gasteiger partial charge in [0.2, 0.25) is 0 Å². The molecule has 9 heteroatoms. The monoisotopic (exact) mass is 452 g/mol. The molecule has 1 aliphatic rings. The third-order valence-corrected chi connectivity index (χ3v) is 6.15. The van der Waals surface area contributed by atoms with Gasteiger partial charge in [0.25, 0.3) is 5.56 Å². The van der Waals surface area contributed by atoms with Crippen LogP contribution in [-0.2, 0) is 0 Å². The summed E-state index contributed by atoms with van der Waals surface area (Å²) in [6.07, 6.45) is 9.52. The van der Waals surface area contributed by atoms with Crippen LogP contribution in [0.15, 0.2) is 45.1 Å². The lowest BCUT2D eigenvalue weighted by Crippen LogP contribution is -2.24. The molecule has 1 aliphatic carbocycles. The van der Waals surface area contributed by atoms with Gasteiger partial charge < -0.3 is 10.4 Å². The zero-order valence-electron chi connectivity index (χ0n) is 13.4. The number of nitrogens with one attached hydrogen (secondary N) is 1. The van der Waals surface area contributed by atoms with Gasteiger partial charge in [0.05, 0.1) is 34.5 Å². The zero-order valence-corrected chi connectivity index (χ0v) is 16.6. The van der Waals surface area contributed by atoms with E-state index in [4.69, 9.17) is 16.7 Å².